The highest BCUT2D eigenvalue weighted by molar-refractivity contribution is 7.86. The van der Waals surface area contributed by atoms with E-state index in [-0.39, 0.29) is 17.9 Å². The van der Waals surface area contributed by atoms with E-state index in [4.69, 9.17) is 0 Å². The fourth-order valence-corrected chi connectivity index (χ4v) is 5.34. The molecule has 3 aliphatic rings. The van der Waals surface area contributed by atoms with Crippen LogP contribution in [0.3, 0.4) is 0 Å². The summed E-state index contributed by atoms with van der Waals surface area (Å²) in [5, 5.41) is 1.97. The molecule has 0 spiro atoms. The highest BCUT2D eigenvalue weighted by Crippen LogP contribution is 2.30. The zero-order valence-corrected chi connectivity index (χ0v) is 15.1. The van der Waals surface area contributed by atoms with Gasteiger partial charge in [0.2, 0.25) is 5.91 Å². The Hall–Kier alpha value is -0.960. The third kappa shape index (κ3) is 3.45. The molecule has 4 heterocycles. The lowest BCUT2D eigenvalue weighted by molar-refractivity contribution is -0.134. The number of nitrogens with zero attached hydrogens (tertiary/aromatic N) is 3. The number of hydrogen-bond acceptors (Lipinski definition) is 4. The zero-order valence-electron chi connectivity index (χ0n) is 13.5. The molecule has 4 rings (SSSR count). The van der Waals surface area contributed by atoms with Gasteiger partial charge in [-0.1, -0.05) is 6.07 Å². The van der Waals surface area contributed by atoms with E-state index in [1.807, 2.05) is 22.4 Å². The van der Waals surface area contributed by atoms with E-state index in [0.717, 1.165) is 17.7 Å². The smallest absolute Gasteiger partial charge is 0.281 e. The van der Waals surface area contributed by atoms with Crippen molar-refractivity contribution in [1.29, 1.82) is 0 Å². The second kappa shape index (κ2) is 6.51. The molecule has 3 saturated heterocycles. The molecule has 1 aromatic heterocycles. The normalized spacial score (nSPS) is 25.8. The third-order valence-electron chi connectivity index (χ3n) is 4.69. The Kier molecular flexibility index (Phi) is 4.78. The van der Waals surface area contributed by atoms with Gasteiger partial charge >= 0.3 is 0 Å². The zero-order chi connectivity index (χ0) is 16.6. The summed E-state index contributed by atoms with van der Waals surface area (Å²) in [6, 6.07) is 3.92. The monoisotopic (exact) mass is 357 g/mol. The van der Waals surface area contributed by atoms with E-state index in [0.29, 0.717) is 26.1 Å². The number of fused-ring (bicyclic) bond motifs is 4. The van der Waals surface area contributed by atoms with E-state index in [1.165, 1.54) is 4.31 Å². The number of hydrogen-bond donors (Lipinski definition) is 0. The lowest BCUT2D eigenvalue weighted by Gasteiger charge is -2.36. The van der Waals surface area contributed by atoms with Gasteiger partial charge in [0.1, 0.15) is 0 Å². The van der Waals surface area contributed by atoms with Gasteiger partial charge in [0.05, 0.1) is 6.42 Å². The van der Waals surface area contributed by atoms with Crippen LogP contribution in [-0.2, 0) is 21.4 Å². The van der Waals surface area contributed by atoms with E-state index in [1.54, 1.807) is 29.7 Å². The predicted molar refractivity (Wildman–Crippen MR) is 90.4 cm³/mol. The number of carbonyl (C=O) groups excluding carboxylic acids is 1. The molecule has 3 aliphatic heterocycles. The van der Waals surface area contributed by atoms with Crippen LogP contribution in [0.1, 0.15) is 17.7 Å². The van der Waals surface area contributed by atoms with E-state index in [2.05, 4.69) is 0 Å². The van der Waals surface area contributed by atoms with Crippen LogP contribution in [0.5, 0.6) is 0 Å². The molecule has 0 aromatic carbocycles. The number of carbonyl (C=O) groups is 1. The highest BCUT2D eigenvalue weighted by Gasteiger charge is 2.41. The quantitative estimate of drug-likeness (QED) is 0.808. The van der Waals surface area contributed by atoms with Crippen molar-refractivity contribution in [2.75, 3.05) is 33.7 Å². The first kappa shape index (κ1) is 16.9. The Morgan fingerprint density at radius 3 is 2.74 bits per heavy atom. The number of amides is 1. The van der Waals surface area contributed by atoms with Gasteiger partial charge in [0, 0.05) is 44.6 Å². The molecule has 2 atom stereocenters. The molecule has 1 aromatic rings. The largest absolute Gasteiger partial charge is 0.338 e. The summed E-state index contributed by atoms with van der Waals surface area (Å²) >= 11 is 1.59. The minimum absolute atomic E-state index is 0.00376. The van der Waals surface area contributed by atoms with Gasteiger partial charge in [-0.25, -0.2) is 0 Å². The fourth-order valence-electron chi connectivity index (χ4n) is 3.43. The van der Waals surface area contributed by atoms with Crippen molar-refractivity contribution in [2.45, 2.75) is 25.3 Å². The van der Waals surface area contributed by atoms with Crippen molar-refractivity contribution in [3.8, 4) is 0 Å². The Morgan fingerprint density at radius 2 is 2.09 bits per heavy atom. The lowest BCUT2D eigenvalue weighted by Crippen LogP contribution is -2.49. The molecule has 6 nitrogen and oxygen atoms in total. The number of piperidine rings is 1. The summed E-state index contributed by atoms with van der Waals surface area (Å²) in [7, 11) is -0.303. The molecule has 0 N–H and O–H groups in total. The SMILES string of the molecule is CN(C)S(=O)(=O)N1C[C@@H]2CC[C@H](C1)N(C(=O)Cc1cccs1)C2. The first-order chi connectivity index (χ1) is 10.9. The second-order valence-electron chi connectivity index (χ2n) is 6.51. The standard InChI is InChI=1S/C15H23N3O3S2/c1-16(2)23(20,21)17-9-12-5-6-13(11-17)18(10-12)15(19)8-14-4-3-7-22-14/h3-4,7,12-13H,5-6,8-11H2,1-2H3/t12-,13+/m0/s1. The molecular weight excluding hydrogens is 334 g/mol. The summed E-state index contributed by atoms with van der Waals surface area (Å²) in [5.41, 5.74) is 0. The first-order valence-corrected chi connectivity index (χ1v) is 10.1. The molecule has 128 valence electrons. The van der Waals surface area contributed by atoms with Gasteiger partial charge in [-0.05, 0) is 30.2 Å². The summed E-state index contributed by atoms with van der Waals surface area (Å²) in [6.45, 7) is 1.60. The topological polar surface area (TPSA) is 60.9 Å². The minimum atomic E-state index is -3.42. The van der Waals surface area contributed by atoms with Crippen LogP contribution >= 0.6 is 11.3 Å². The van der Waals surface area contributed by atoms with Gasteiger partial charge in [0.15, 0.2) is 0 Å². The fraction of sp³-hybridized carbons (Fsp3) is 0.667. The third-order valence-corrected chi connectivity index (χ3v) is 7.44. The van der Waals surface area contributed by atoms with Gasteiger partial charge in [0.25, 0.3) is 10.2 Å². The number of rotatable bonds is 4. The van der Waals surface area contributed by atoms with Crippen LogP contribution in [-0.4, -0.2) is 67.6 Å². The maximum absolute atomic E-state index is 12.7. The Balaban J connectivity index is 1.75. The molecule has 3 fully saturated rings. The van der Waals surface area contributed by atoms with Gasteiger partial charge in [-0.15, -0.1) is 11.3 Å². The molecule has 2 bridgehead atoms. The maximum atomic E-state index is 12.7. The molecule has 0 saturated carbocycles. The highest BCUT2D eigenvalue weighted by atomic mass is 32.2. The second-order valence-corrected chi connectivity index (χ2v) is 9.68. The molecule has 0 aliphatic carbocycles. The maximum Gasteiger partial charge on any atom is 0.281 e. The Morgan fingerprint density at radius 1 is 1.30 bits per heavy atom. The van der Waals surface area contributed by atoms with Crippen molar-refractivity contribution in [2.24, 2.45) is 5.92 Å². The number of thiophene rings is 1. The van der Waals surface area contributed by atoms with Gasteiger partial charge in [-0.3, -0.25) is 4.79 Å². The van der Waals surface area contributed by atoms with Crippen LogP contribution in [0.25, 0.3) is 0 Å². The molecule has 1 amide bonds. The van der Waals surface area contributed by atoms with Crippen molar-refractivity contribution < 1.29 is 13.2 Å². The van der Waals surface area contributed by atoms with Crippen molar-refractivity contribution >= 4 is 27.5 Å². The van der Waals surface area contributed by atoms with E-state index < -0.39 is 10.2 Å². The Labute approximate surface area is 141 Å². The lowest BCUT2D eigenvalue weighted by atomic mass is 9.94. The molecule has 8 heteroatoms. The van der Waals surface area contributed by atoms with Crippen LogP contribution < -0.4 is 0 Å². The van der Waals surface area contributed by atoms with Crippen LogP contribution in [0, 0.1) is 5.92 Å². The molecule has 23 heavy (non-hydrogen) atoms. The van der Waals surface area contributed by atoms with Crippen molar-refractivity contribution in [3.05, 3.63) is 22.4 Å². The minimum Gasteiger partial charge on any atom is -0.338 e. The molecule has 0 unspecified atom stereocenters. The van der Waals surface area contributed by atoms with Crippen LogP contribution in [0.4, 0.5) is 0 Å². The Bertz CT molecular complexity index is 658. The van der Waals surface area contributed by atoms with Crippen LogP contribution in [0.15, 0.2) is 17.5 Å². The summed E-state index contributed by atoms with van der Waals surface area (Å²) in [6.07, 6.45) is 2.30. The van der Waals surface area contributed by atoms with Crippen LogP contribution in [0.2, 0.25) is 0 Å². The van der Waals surface area contributed by atoms with Crippen molar-refractivity contribution in [3.63, 3.8) is 0 Å². The van der Waals surface area contributed by atoms with E-state index in [9.17, 15) is 13.2 Å². The summed E-state index contributed by atoms with van der Waals surface area (Å²) in [5.74, 6) is 0.349. The summed E-state index contributed by atoms with van der Waals surface area (Å²) < 4.78 is 27.7. The van der Waals surface area contributed by atoms with E-state index >= 15 is 0 Å². The average Bonchev–Trinajstić information content (AvgIpc) is 2.82. The van der Waals surface area contributed by atoms with Gasteiger partial charge < -0.3 is 4.90 Å². The first-order valence-electron chi connectivity index (χ1n) is 7.87. The van der Waals surface area contributed by atoms with Crippen molar-refractivity contribution in [1.82, 2.24) is 13.5 Å². The molecule has 0 radical (unpaired) electrons. The van der Waals surface area contributed by atoms with Gasteiger partial charge in [-0.2, -0.15) is 17.0 Å². The average molecular weight is 358 g/mol. The predicted octanol–water partition coefficient (Wildman–Crippen LogP) is 1.02. The molecular formula is C15H23N3O3S2. The summed E-state index contributed by atoms with van der Waals surface area (Å²) in [4.78, 5) is 15.6.